The van der Waals surface area contributed by atoms with Crippen LogP contribution >= 0.6 is 0 Å². The van der Waals surface area contributed by atoms with E-state index in [1.54, 1.807) is 0 Å². The van der Waals surface area contributed by atoms with E-state index < -0.39 is 36.4 Å². The Hall–Kier alpha value is -1.96. The van der Waals surface area contributed by atoms with Gasteiger partial charge in [0.25, 0.3) is 0 Å². The van der Waals surface area contributed by atoms with Gasteiger partial charge in [-0.25, -0.2) is 4.79 Å². The fourth-order valence-corrected chi connectivity index (χ4v) is 0.489. The van der Waals surface area contributed by atoms with Crippen molar-refractivity contribution < 1.29 is 29.0 Å². The molecule has 0 saturated carbocycles. The van der Waals surface area contributed by atoms with E-state index in [-0.39, 0.29) is 0 Å². The summed E-state index contributed by atoms with van der Waals surface area (Å²) < 4.78 is 4.34. The van der Waals surface area contributed by atoms with Gasteiger partial charge < -0.3 is 15.6 Å². The molecule has 4 N–H and O–H groups in total. The summed E-state index contributed by atoms with van der Waals surface area (Å²) in [6, 6.07) is 0. The third kappa shape index (κ3) is 4.72. The van der Waals surface area contributed by atoms with Crippen LogP contribution in [-0.4, -0.2) is 41.5 Å². The Balaban J connectivity index is 4.17. The zero-order chi connectivity index (χ0) is 12.0. The van der Waals surface area contributed by atoms with Gasteiger partial charge in [0.2, 0.25) is 0 Å². The molecule has 0 aliphatic rings. The third-order valence-electron chi connectivity index (χ3n) is 1.20. The van der Waals surface area contributed by atoms with Crippen molar-refractivity contribution in [3.05, 3.63) is 0 Å². The highest BCUT2D eigenvalue weighted by atomic mass is 16.6. The summed E-state index contributed by atoms with van der Waals surface area (Å²) in [5.41, 5.74) is 4.52. The van der Waals surface area contributed by atoms with Crippen molar-refractivity contribution in [1.29, 1.82) is 0 Å². The number of esters is 1. The molecule has 0 aromatic rings. The van der Waals surface area contributed by atoms with E-state index in [1.165, 1.54) is 12.2 Å². The Labute approximate surface area is 84.4 Å². The first-order valence-corrected chi connectivity index (χ1v) is 3.85. The fourth-order valence-electron chi connectivity index (χ4n) is 0.489. The van der Waals surface area contributed by atoms with Crippen molar-refractivity contribution in [2.24, 2.45) is 5.73 Å². The minimum atomic E-state index is -1.42. The van der Waals surface area contributed by atoms with Crippen molar-refractivity contribution in [2.45, 2.75) is 13.0 Å². The smallest absolute Gasteiger partial charge is 0.397 e. The second kappa shape index (κ2) is 5.70. The standard InChI is InChI=1S/C7H10N2O6/c1-3(2-10)15-7(14)6(13)9-5(12)4(8)11/h3,10H,2H2,1H3,(H2,8,11)(H,9,12,13). The topological polar surface area (TPSA) is 136 Å². The summed E-state index contributed by atoms with van der Waals surface area (Å²) in [5, 5.41) is 9.89. The van der Waals surface area contributed by atoms with Gasteiger partial charge in [0.15, 0.2) is 0 Å². The van der Waals surface area contributed by atoms with Crippen LogP contribution in [0.2, 0.25) is 0 Å². The molecule has 8 heteroatoms. The zero-order valence-corrected chi connectivity index (χ0v) is 7.85. The minimum absolute atomic E-state index is 0.469. The lowest BCUT2D eigenvalue weighted by Gasteiger charge is -2.08. The maximum atomic E-state index is 10.8. The highest BCUT2D eigenvalue weighted by molar-refractivity contribution is 6.44. The number of hydrogen-bond donors (Lipinski definition) is 3. The summed E-state index contributed by atoms with van der Waals surface area (Å²) in [7, 11) is 0. The molecule has 3 amide bonds. The van der Waals surface area contributed by atoms with Crippen LogP contribution in [0.15, 0.2) is 0 Å². The molecular formula is C7H10N2O6. The number of nitrogens with two attached hydrogens (primary N) is 1. The molecule has 0 heterocycles. The van der Waals surface area contributed by atoms with Crippen LogP contribution in [0.3, 0.4) is 0 Å². The molecule has 0 aliphatic carbocycles. The lowest BCUT2D eigenvalue weighted by molar-refractivity contribution is -0.160. The van der Waals surface area contributed by atoms with Crippen LogP contribution in [0.5, 0.6) is 0 Å². The molecule has 0 aliphatic heterocycles. The number of aliphatic hydroxyl groups is 1. The van der Waals surface area contributed by atoms with Crippen LogP contribution in [0.4, 0.5) is 0 Å². The summed E-state index contributed by atoms with van der Waals surface area (Å²) in [5.74, 6) is -5.61. The number of rotatable bonds is 2. The quantitative estimate of drug-likeness (QED) is 0.334. The highest BCUT2D eigenvalue weighted by Crippen LogP contribution is 1.89. The number of primary amides is 1. The Kier molecular flexibility index (Phi) is 4.96. The van der Waals surface area contributed by atoms with Crippen LogP contribution in [0.1, 0.15) is 6.92 Å². The number of imide groups is 1. The molecule has 8 nitrogen and oxygen atoms in total. The van der Waals surface area contributed by atoms with Gasteiger partial charge >= 0.3 is 23.7 Å². The van der Waals surface area contributed by atoms with Crippen molar-refractivity contribution in [2.75, 3.05) is 6.61 Å². The monoisotopic (exact) mass is 218 g/mol. The molecule has 0 aromatic carbocycles. The predicted molar refractivity (Wildman–Crippen MR) is 45.0 cm³/mol. The van der Waals surface area contributed by atoms with Crippen LogP contribution in [0.25, 0.3) is 0 Å². The molecule has 0 radical (unpaired) electrons. The van der Waals surface area contributed by atoms with Crippen molar-refractivity contribution in [3.8, 4) is 0 Å². The van der Waals surface area contributed by atoms with Crippen LogP contribution in [-0.2, 0) is 23.9 Å². The van der Waals surface area contributed by atoms with Gasteiger partial charge in [0.1, 0.15) is 6.10 Å². The van der Waals surface area contributed by atoms with Gasteiger partial charge in [-0.05, 0) is 6.92 Å². The van der Waals surface area contributed by atoms with Crippen LogP contribution in [0, 0.1) is 0 Å². The summed E-state index contributed by atoms with van der Waals surface area (Å²) in [6.45, 7) is 0.865. The molecular weight excluding hydrogens is 208 g/mol. The molecule has 0 spiro atoms. The summed E-state index contributed by atoms with van der Waals surface area (Å²) >= 11 is 0. The number of carbonyl (C=O) groups is 4. The van der Waals surface area contributed by atoms with Gasteiger partial charge in [-0.15, -0.1) is 0 Å². The number of amides is 3. The molecule has 15 heavy (non-hydrogen) atoms. The molecule has 1 unspecified atom stereocenters. The minimum Gasteiger partial charge on any atom is -0.453 e. The molecule has 84 valence electrons. The fraction of sp³-hybridized carbons (Fsp3) is 0.429. The van der Waals surface area contributed by atoms with E-state index in [0.717, 1.165) is 0 Å². The molecule has 0 rings (SSSR count). The average Bonchev–Trinajstić information content (AvgIpc) is 2.16. The highest BCUT2D eigenvalue weighted by Gasteiger charge is 2.22. The molecule has 0 fully saturated rings. The van der Waals surface area contributed by atoms with Gasteiger partial charge in [-0.3, -0.25) is 19.7 Å². The van der Waals surface area contributed by atoms with E-state index in [4.69, 9.17) is 5.11 Å². The normalized spacial score (nSPS) is 11.3. The number of aliphatic hydroxyl groups excluding tert-OH is 1. The van der Waals surface area contributed by atoms with E-state index in [9.17, 15) is 19.2 Å². The summed E-state index contributed by atoms with van der Waals surface area (Å²) in [4.78, 5) is 42.4. The van der Waals surface area contributed by atoms with Crippen LogP contribution < -0.4 is 11.1 Å². The Morgan fingerprint density at radius 3 is 2.27 bits per heavy atom. The van der Waals surface area contributed by atoms with E-state index in [2.05, 4.69) is 10.5 Å². The largest absolute Gasteiger partial charge is 0.453 e. The van der Waals surface area contributed by atoms with Gasteiger partial charge in [0, 0.05) is 0 Å². The average molecular weight is 218 g/mol. The predicted octanol–water partition coefficient (Wildman–Crippen LogP) is -2.96. The second-order valence-electron chi connectivity index (χ2n) is 2.55. The number of nitrogens with one attached hydrogen (secondary N) is 1. The first kappa shape index (κ1) is 13.0. The molecule has 0 saturated heterocycles. The van der Waals surface area contributed by atoms with Crippen molar-refractivity contribution in [1.82, 2.24) is 5.32 Å². The van der Waals surface area contributed by atoms with Crippen molar-refractivity contribution in [3.63, 3.8) is 0 Å². The van der Waals surface area contributed by atoms with Gasteiger partial charge in [-0.2, -0.15) is 0 Å². The maximum absolute atomic E-state index is 10.8. The van der Waals surface area contributed by atoms with E-state index in [1.807, 2.05) is 0 Å². The third-order valence-corrected chi connectivity index (χ3v) is 1.20. The summed E-state index contributed by atoms with van der Waals surface area (Å²) in [6.07, 6.45) is -0.882. The lowest BCUT2D eigenvalue weighted by Crippen LogP contribution is -2.44. The van der Waals surface area contributed by atoms with Crippen molar-refractivity contribution >= 4 is 23.7 Å². The first-order valence-electron chi connectivity index (χ1n) is 3.85. The SMILES string of the molecule is CC(CO)OC(=O)C(=O)NC(=O)C(N)=O. The van der Waals surface area contributed by atoms with Gasteiger partial charge in [-0.1, -0.05) is 0 Å². The molecule has 0 aromatic heterocycles. The second-order valence-corrected chi connectivity index (χ2v) is 2.55. The molecule has 1 atom stereocenters. The first-order chi connectivity index (χ1) is 6.88. The van der Waals surface area contributed by atoms with Gasteiger partial charge in [0.05, 0.1) is 6.61 Å². The number of hydrogen-bond acceptors (Lipinski definition) is 6. The Morgan fingerprint density at radius 2 is 1.87 bits per heavy atom. The lowest BCUT2D eigenvalue weighted by atomic mass is 10.4. The number of carbonyl (C=O) groups excluding carboxylic acids is 4. The maximum Gasteiger partial charge on any atom is 0.397 e. The molecule has 0 bridgehead atoms. The van der Waals surface area contributed by atoms with E-state index in [0.29, 0.717) is 0 Å². The van der Waals surface area contributed by atoms with E-state index >= 15 is 0 Å². The number of ether oxygens (including phenoxy) is 1. The Morgan fingerprint density at radius 1 is 1.33 bits per heavy atom. The zero-order valence-electron chi connectivity index (χ0n) is 7.85. The Bertz CT molecular complexity index is 300.